The third-order valence-electron chi connectivity index (χ3n) is 3.32. The molecule has 0 saturated carbocycles. The minimum Gasteiger partial charge on any atom is -0.353 e. The van der Waals surface area contributed by atoms with E-state index < -0.39 is 0 Å². The number of aldehydes is 1. The number of ether oxygens (including phenoxy) is 2. The third kappa shape index (κ3) is 9.85. The molecule has 1 aliphatic heterocycles. The molecule has 1 heterocycles. The van der Waals surface area contributed by atoms with Gasteiger partial charge in [0, 0.05) is 19.6 Å². The molecular formula is C16H28O3. The van der Waals surface area contributed by atoms with E-state index in [0.717, 1.165) is 51.6 Å². The Labute approximate surface area is 117 Å². The van der Waals surface area contributed by atoms with Gasteiger partial charge in [0.25, 0.3) is 0 Å². The molecule has 0 N–H and O–H groups in total. The second-order valence-corrected chi connectivity index (χ2v) is 5.09. The highest BCUT2D eigenvalue weighted by Crippen LogP contribution is 2.14. The zero-order chi connectivity index (χ0) is 13.6. The lowest BCUT2D eigenvalue weighted by Gasteiger charge is -2.22. The first kappa shape index (κ1) is 16.4. The molecule has 0 aromatic rings. The number of hydrogen-bond acceptors (Lipinski definition) is 3. The second kappa shape index (κ2) is 12.4. The first-order chi connectivity index (χ1) is 9.43. The van der Waals surface area contributed by atoms with Crippen molar-refractivity contribution in [3.63, 3.8) is 0 Å². The molecule has 0 aliphatic carbocycles. The number of allylic oxidation sites excluding steroid dienone is 2. The molecule has 1 unspecified atom stereocenters. The van der Waals surface area contributed by atoms with Crippen molar-refractivity contribution >= 4 is 6.29 Å². The molecule has 0 spiro atoms. The summed E-state index contributed by atoms with van der Waals surface area (Å²) in [4.78, 5) is 10.1. The van der Waals surface area contributed by atoms with Crippen LogP contribution in [-0.2, 0) is 14.3 Å². The smallest absolute Gasteiger partial charge is 0.157 e. The van der Waals surface area contributed by atoms with Crippen LogP contribution in [0.4, 0.5) is 0 Å². The molecule has 0 amide bonds. The van der Waals surface area contributed by atoms with Crippen molar-refractivity contribution in [1.29, 1.82) is 0 Å². The van der Waals surface area contributed by atoms with Gasteiger partial charge in [0.1, 0.15) is 6.29 Å². The van der Waals surface area contributed by atoms with E-state index in [1.165, 1.54) is 25.7 Å². The molecule has 0 aromatic heterocycles. The summed E-state index contributed by atoms with van der Waals surface area (Å²) in [6.07, 6.45) is 16.3. The van der Waals surface area contributed by atoms with E-state index >= 15 is 0 Å². The molecule has 0 bridgehead atoms. The van der Waals surface area contributed by atoms with Gasteiger partial charge in [-0.3, -0.25) is 0 Å². The van der Waals surface area contributed by atoms with Gasteiger partial charge in [-0.2, -0.15) is 0 Å². The monoisotopic (exact) mass is 268 g/mol. The van der Waals surface area contributed by atoms with Crippen molar-refractivity contribution < 1.29 is 14.3 Å². The lowest BCUT2D eigenvalue weighted by atomic mass is 10.1. The highest BCUT2D eigenvalue weighted by Gasteiger charge is 2.12. The quantitative estimate of drug-likeness (QED) is 0.322. The molecule has 1 rings (SSSR count). The van der Waals surface area contributed by atoms with Gasteiger partial charge in [-0.15, -0.1) is 0 Å². The van der Waals surface area contributed by atoms with Gasteiger partial charge >= 0.3 is 0 Å². The average Bonchev–Trinajstić information content (AvgIpc) is 2.46. The molecule has 1 fully saturated rings. The molecule has 110 valence electrons. The third-order valence-corrected chi connectivity index (χ3v) is 3.32. The van der Waals surface area contributed by atoms with Crippen molar-refractivity contribution in [3.05, 3.63) is 12.2 Å². The normalized spacial score (nSPS) is 19.9. The predicted molar refractivity (Wildman–Crippen MR) is 77.1 cm³/mol. The highest BCUT2D eigenvalue weighted by atomic mass is 16.7. The van der Waals surface area contributed by atoms with E-state index in [4.69, 9.17) is 9.47 Å². The van der Waals surface area contributed by atoms with Crippen LogP contribution in [0.15, 0.2) is 12.2 Å². The number of unbranched alkanes of at least 4 members (excludes halogenated alkanes) is 5. The Morgan fingerprint density at radius 2 is 1.84 bits per heavy atom. The molecule has 0 radical (unpaired) electrons. The number of rotatable bonds is 11. The van der Waals surface area contributed by atoms with E-state index in [1.807, 2.05) is 0 Å². The van der Waals surface area contributed by atoms with E-state index in [0.29, 0.717) is 6.42 Å². The van der Waals surface area contributed by atoms with Gasteiger partial charge in [-0.05, 0) is 51.4 Å². The van der Waals surface area contributed by atoms with E-state index in [1.54, 1.807) is 0 Å². The second-order valence-electron chi connectivity index (χ2n) is 5.09. The fraction of sp³-hybridized carbons (Fsp3) is 0.812. The molecule has 1 atom stereocenters. The van der Waals surface area contributed by atoms with E-state index in [9.17, 15) is 4.79 Å². The van der Waals surface area contributed by atoms with Crippen LogP contribution in [0.5, 0.6) is 0 Å². The summed E-state index contributed by atoms with van der Waals surface area (Å²) in [5.41, 5.74) is 0. The highest BCUT2D eigenvalue weighted by molar-refractivity contribution is 5.48. The molecule has 3 nitrogen and oxygen atoms in total. The van der Waals surface area contributed by atoms with Crippen LogP contribution in [0.3, 0.4) is 0 Å². The summed E-state index contributed by atoms with van der Waals surface area (Å²) in [7, 11) is 0. The van der Waals surface area contributed by atoms with Gasteiger partial charge in [0.2, 0.25) is 0 Å². The summed E-state index contributed by atoms with van der Waals surface area (Å²) in [6, 6.07) is 0. The van der Waals surface area contributed by atoms with Crippen molar-refractivity contribution in [3.8, 4) is 0 Å². The van der Waals surface area contributed by atoms with Crippen LogP contribution >= 0.6 is 0 Å². The maximum absolute atomic E-state index is 10.1. The fourth-order valence-corrected chi connectivity index (χ4v) is 2.15. The Hall–Kier alpha value is -0.670. The van der Waals surface area contributed by atoms with Crippen LogP contribution in [0.25, 0.3) is 0 Å². The first-order valence-electron chi connectivity index (χ1n) is 7.75. The zero-order valence-corrected chi connectivity index (χ0v) is 12.0. The molecule has 3 heteroatoms. The van der Waals surface area contributed by atoms with Crippen LogP contribution < -0.4 is 0 Å². The van der Waals surface area contributed by atoms with Gasteiger partial charge < -0.3 is 14.3 Å². The van der Waals surface area contributed by atoms with Gasteiger partial charge in [-0.1, -0.05) is 18.6 Å². The van der Waals surface area contributed by atoms with E-state index in [2.05, 4.69) is 12.2 Å². The lowest BCUT2D eigenvalue weighted by molar-refractivity contribution is -0.162. The van der Waals surface area contributed by atoms with Crippen molar-refractivity contribution in [1.82, 2.24) is 0 Å². The van der Waals surface area contributed by atoms with Crippen LogP contribution in [0, 0.1) is 0 Å². The summed E-state index contributed by atoms with van der Waals surface area (Å²) in [5, 5.41) is 0. The first-order valence-corrected chi connectivity index (χ1v) is 7.75. The van der Waals surface area contributed by atoms with Gasteiger partial charge in [0.15, 0.2) is 6.29 Å². The maximum Gasteiger partial charge on any atom is 0.157 e. The van der Waals surface area contributed by atoms with Crippen LogP contribution in [-0.4, -0.2) is 25.8 Å². The predicted octanol–water partition coefficient (Wildman–Crippen LogP) is 4.02. The Morgan fingerprint density at radius 3 is 2.58 bits per heavy atom. The number of carbonyl (C=O) groups is 1. The minimum absolute atomic E-state index is 0.0615. The summed E-state index contributed by atoms with van der Waals surface area (Å²) in [6.45, 7) is 1.69. The van der Waals surface area contributed by atoms with Crippen LogP contribution in [0.1, 0.15) is 64.2 Å². The Kier molecular flexibility index (Phi) is 10.7. The summed E-state index contributed by atoms with van der Waals surface area (Å²) < 4.78 is 11.2. The minimum atomic E-state index is 0.0615. The van der Waals surface area contributed by atoms with Crippen molar-refractivity contribution in [2.24, 2.45) is 0 Å². The molecular weight excluding hydrogens is 240 g/mol. The van der Waals surface area contributed by atoms with Crippen LogP contribution in [0.2, 0.25) is 0 Å². The Balaban J connectivity index is 1.79. The summed E-state index contributed by atoms with van der Waals surface area (Å²) >= 11 is 0. The molecule has 1 aliphatic rings. The van der Waals surface area contributed by atoms with E-state index in [-0.39, 0.29) is 6.29 Å². The standard InChI is InChI=1S/C16H28O3/c17-13-9-6-4-2-1-3-5-7-10-14-18-16-12-8-11-15-19-16/h1-2,13,16H,3-12,14-15H2. The molecule has 1 saturated heterocycles. The summed E-state index contributed by atoms with van der Waals surface area (Å²) in [5.74, 6) is 0. The topological polar surface area (TPSA) is 35.5 Å². The van der Waals surface area contributed by atoms with Gasteiger partial charge in [0.05, 0.1) is 0 Å². The maximum atomic E-state index is 10.1. The largest absolute Gasteiger partial charge is 0.353 e. The Bertz CT molecular complexity index is 232. The average molecular weight is 268 g/mol. The SMILES string of the molecule is O=CCCCC=CCCCCCOC1CCCCO1. The van der Waals surface area contributed by atoms with Crippen molar-refractivity contribution in [2.45, 2.75) is 70.5 Å². The number of carbonyl (C=O) groups excluding carboxylic acids is 1. The molecule has 0 aromatic carbocycles. The fourth-order valence-electron chi connectivity index (χ4n) is 2.15. The molecule has 19 heavy (non-hydrogen) atoms. The van der Waals surface area contributed by atoms with Crippen molar-refractivity contribution in [2.75, 3.05) is 13.2 Å². The number of hydrogen-bond donors (Lipinski definition) is 0. The lowest BCUT2D eigenvalue weighted by Crippen LogP contribution is -2.22. The Morgan fingerprint density at radius 1 is 1.00 bits per heavy atom. The zero-order valence-electron chi connectivity index (χ0n) is 12.0. The van der Waals surface area contributed by atoms with Gasteiger partial charge in [-0.25, -0.2) is 0 Å².